The molecule has 0 N–H and O–H groups in total. The molecule has 5 heteroatoms. The van der Waals surface area contributed by atoms with Crippen molar-refractivity contribution in [2.45, 2.75) is 20.0 Å². The molecule has 0 aliphatic rings. The van der Waals surface area contributed by atoms with Gasteiger partial charge in [-0.2, -0.15) is 4.98 Å². The van der Waals surface area contributed by atoms with E-state index >= 15 is 0 Å². The monoisotopic (exact) mass is 282 g/mol. The number of hydrogen-bond acceptors (Lipinski definition) is 4. The van der Waals surface area contributed by atoms with Gasteiger partial charge < -0.3 is 9.26 Å². The lowest BCUT2D eigenvalue weighted by molar-refractivity contribution is 0.285. The van der Waals surface area contributed by atoms with Crippen molar-refractivity contribution in [1.82, 2.24) is 10.1 Å². The zero-order valence-corrected chi connectivity index (χ0v) is 10.4. The molecule has 0 spiro atoms. The van der Waals surface area contributed by atoms with E-state index in [1.54, 1.807) is 0 Å². The van der Waals surface area contributed by atoms with Crippen molar-refractivity contribution in [3.8, 4) is 5.75 Å². The van der Waals surface area contributed by atoms with Crippen LogP contribution in [0.2, 0.25) is 0 Å². The molecule has 1 heterocycles. The van der Waals surface area contributed by atoms with Crippen molar-refractivity contribution >= 4 is 15.9 Å². The predicted molar refractivity (Wildman–Crippen MR) is 62.2 cm³/mol. The largest absolute Gasteiger partial charge is 0.485 e. The third-order valence-electron chi connectivity index (χ3n) is 1.99. The summed E-state index contributed by atoms with van der Waals surface area (Å²) in [5.41, 5.74) is 0. The van der Waals surface area contributed by atoms with E-state index in [4.69, 9.17) is 9.26 Å². The number of hydrogen-bond donors (Lipinski definition) is 0. The van der Waals surface area contributed by atoms with E-state index in [1.807, 2.05) is 31.2 Å². The second-order valence-electron chi connectivity index (χ2n) is 3.20. The van der Waals surface area contributed by atoms with Crippen LogP contribution >= 0.6 is 15.9 Å². The quantitative estimate of drug-likeness (QED) is 0.865. The molecule has 4 nitrogen and oxygen atoms in total. The molecule has 0 atom stereocenters. The van der Waals surface area contributed by atoms with Crippen LogP contribution < -0.4 is 4.74 Å². The fraction of sp³-hybridized carbons (Fsp3) is 0.273. The number of aromatic nitrogens is 2. The Kier molecular flexibility index (Phi) is 3.56. The Bertz CT molecular complexity index is 453. The molecule has 1 aromatic heterocycles. The maximum atomic E-state index is 5.50. The van der Waals surface area contributed by atoms with Crippen molar-refractivity contribution in [1.29, 1.82) is 0 Å². The fourth-order valence-corrected chi connectivity index (χ4v) is 1.44. The van der Waals surface area contributed by atoms with Gasteiger partial charge in [0.1, 0.15) is 5.75 Å². The summed E-state index contributed by atoms with van der Waals surface area (Å²) in [5, 5.41) is 3.80. The lowest BCUT2D eigenvalue weighted by Gasteiger charge is -2.02. The number of ether oxygens (including phenoxy) is 1. The van der Waals surface area contributed by atoms with Gasteiger partial charge in [0.2, 0.25) is 11.7 Å². The zero-order chi connectivity index (χ0) is 11.4. The van der Waals surface area contributed by atoms with Gasteiger partial charge in [-0.05, 0) is 24.3 Å². The molecule has 0 radical (unpaired) electrons. The Morgan fingerprint density at radius 1 is 1.31 bits per heavy atom. The second-order valence-corrected chi connectivity index (χ2v) is 4.12. The Hall–Kier alpha value is -1.36. The van der Waals surface area contributed by atoms with Gasteiger partial charge in [-0.15, -0.1) is 0 Å². The van der Waals surface area contributed by atoms with Crippen LogP contribution in [0.4, 0.5) is 0 Å². The van der Waals surface area contributed by atoms with Crippen molar-refractivity contribution in [2.24, 2.45) is 0 Å². The van der Waals surface area contributed by atoms with Crippen molar-refractivity contribution in [3.63, 3.8) is 0 Å². The van der Waals surface area contributed by atoms with Crippen LogP contribution in [-0.2, 0) is 13.0 Å². The Morgan fingerprint density at radius 2 is 2.06 bits per heavy atom. The van der Waals surface area contributed by atoms with Crippen LogP contribution in [0.15, 0.2) is 33.3 Å². The summed E-state index contributed by atoms with van der Waals surface area (Å²) in [4.78, 5) is 4.15. The standard InChI is InChI=1S/C11H11BrN2O2/c1-2-11-13-10(14-16-11)7-15-9-5-3-8(12)4-6-9/h3-6H,2,7H2,1H3. The van der Waals surface area contributed by atoms with Gasteiger partial charge in [-0.25, -0.2) is 0 Å². The maximum absolute atomic E-state index is 5.50. The minimum atomic E-state index is 0.325. The Morgan fingerprint density at radius 3 is 2.69 bits per heavy atom. The molecule has 0 saturated carbocycles. The molecule has 0 aliphatic heterocycles. The van der Waals surface area contributed by atoms with E-state index in [0.29, 0.717) is 18.3 Å². The van der Waals surface area contributed by atoms with Gasteiger partial charge in [-0.1, -0.05) is 28.0 Å². The van der Waals surface area contributed by atoms with E-state index in [1.165, 1.54) is 0 Å². The number of aryl methyl sites for hydroxylation is 1. The molecule has 0 bridgehead atoms. The summed E-state index contributed by atoms with van der Waals surface area (Å²) in [6.07, 6.45) is 0.741. The number of halogens is 1. The molecule has 0 unspecified atom stereocenters. The number of nitrogens with zero attached hydrogens (tertiary/aromatic N) is 2. The highest BCUT2D eigenvalue weighted by Gasteiger charge is 2.04. The second kappa shape index (κ2) is 5.12. The number of rotatable bonds is 4. The highest BCUT2D eigenvalue weighted by molar-refractivity contribution is 9.10. The SMILES string of the molecule is CCc1nc(COc2ccc(Br)cc2)no1. The van der Waals surface area contributed by atoms with Gasteiger partial charge >= 0.3 is 0 Å². The summed E-state index contributed by atoms with van der Waals surface area (Å²) in [6, 6.07) is 7.60. The summed E-state index contributed by atoms with van der Waals surface area (Å²) < 4.78 is 11.5. The maximum Gasteiger partial charge on any atom is 0.226 e. The third-order valence-corrected chi connectivity index (χ3v) is 2.52. The van der Waals surface area contributed by atoms with Crippen LogP contribution in [0, 0.1) is 0 Å². The minimum Gasteiger partial charge on any atom is -0.485 e. The molecule has 84 valence electrons. The molecule has 0 amide bonds. The fourth-order valence-electron chi connectivity index (χ4n) is 1.17. The average Bonchev–Trinajstić information content (AvgIpc) is 2.76. The third kappa shape index (κ3) is 2.82. The van der Waals surface area contributed by atoms with Crippen molar-refractivity contribution in [3.05, 3.63) is 40.5 Å². The van der Waals surface area contributed by atoms with E-state index < -0.39 is 0 Å². The smallest absolute Gasteiger partial charge is 0.226 e. The van der Waals surface area contributed by atoms with Crippen LogP contribution in [0.3, 0.4) is 0 Å². The molecular formula is C11H11BrN2O2. The van der Waals surface area contributed by atoms with E-state index in [-0.39, 0.29) is 0 Å². The summed E-state index contributed by atoms with van der Waals surface area (Å²) in [6.45, 7) is 2.29. The van der Waals surface area contributed by atoms with E-state index in [2.05, 4.69) is 26.1 Å². The predicted octanol–water partition coefficient (Wildman–Crippen LogP) is 2.97. The zero-order valence-electron chi connectivity index (χ0n) is 8.81. The molecule has 2 rings (SSSR count). The molecule has 0 aliphatic carbocycles. The highest BCUT2D eigenvalue weighted by atomic mass is 79.9. The lowest BCUT2D eigenvalue weighted by Crippen LogP contribution is -1.97. The lowest BCUT2D eigenvalue weighted by atomic mass is 10.3. The molecule has 1 aromatic carbocycles. The van der Waals surface area contributed by atoms with Gasteiger partial charge in [0.05, 0.1) is 0 Å². The number of benzene rings is 1. The topological polar surface area (TPSA) is 48.2 Å². The average molecular weight is 283 g/mol. The molecule has 2 aromatic rings. The van der Waals surface area contributed by atoms with Crippen LogP contribution in [0.25, 0.3) is 0 Å². The molecular weight excluding hydrogens is 272 g/mol. The van der Waals surface area contributed by atoms with Gasteiger partial charge in [-0.3, -0.25) is 0 Å². The van der Waals surface area contributed by atoms with Gasteiger partial charge in [0, 0.05) is 10.9 Å². The first-order valence-electron chi connectivity index (χ1n) is 4.97. The van der Waals surface area contributed by atoms with Crippen molar-refractivity contribution in [2.75, 3.05) is 0 Å². The van der Waals surface area contributed by atoms with Gasteiger partial charge in [0.15, 0.2) is 6.61 Å². The highest BCUT2D eigenvalue weighted by Crippen LogP contribution is 2.16. The minimum absolute atomic E-state index is 0.325. The van der Waals surface area contributed by atoms with E-state index in [0.717, 1.165) is 16.6 Å². The molecule has 0 saturated heterocycles. The van der Waals surface area contributed by atoms with Gasteiger partial charge in [0.25, 0.3) is 0 Å². The molecule has 16 heavy (non-hydrogen) atoms. The van der Waals surface area contributed by atoms with Crippen LogP contribution in [0.1, 0.15) is 18.6 Å². The summed E-state index contributed by atoms with van der Waals surface area (Å²) in [5.74, 6) is 1.99. The van der Waals surface area contributed by atoms with Crippen LogP contribution in [-0.4, -0.2) is 10.1 Å². The Labute approximate surface area is 102 Å². The summed E-state index contributed by atoms with van der Waals surface area (Å²) >= 11 is 3.36. The first-order valence-corrected chi connectivity index (χ1v) is 5.77. The molecule has 0 fully saturated rings. The Balaban J connectivity index is 1.94. The normalized spacial score (nSPS) is 10.4. The van der Waals surface area contributed by atoms with Crippen molar-refractivity contribution < 1.29 is 9.26 Å². The van der Waals surface area contributed by atoms with Crippen LogP contribution in [0.5, 0.6) is 5.75 Å². The first kappa shape index (κ1) is 11.1. The summed E-state index contributed by atoms with van der Waals surface area (Å²) in [7, 11) is 0. The first-order chi connectivity index (χ1) is 7.78. The van der Waals surface area contributed by atoms with E-state index in [9.17, 15) is 0 Å².